The smallest absolute Gasteiger partial charge is 0.266 e. The van der Waals surface area contributed by atoms with Crippen LogP contribution in [0.2, 0.25) is 0 Å². The zero-order valence-corrected chi connectivity index (χ0v) is 14.8. The molecule has 0 saturated carbocycles. The molecule has 0 aliphatic heterocycles. The minimum Gasteiger partial charge on any atom is -0.480 e. The molecule has 4 nitrogen and oxygen atoms in total. The Kier molecular flexibility index (Phi) is 5.17. The number of ether oxygens (including phenoxy) is 1. The van der Waals surface area contributed by atoms with E-state index in [1.807, 2.05) is 24.4 Å². The molecule has 1 aromatic carbocycles. The molecule has 2 rings (SSSR count). The highest BCUT2D eigenvalue weighted by Crippen LogP contribution is 2.29. The molecule has 0 saturated heterocycles. The van der Waals surface area contributed by atoms with Crippen molar-refractivity contribution in [3.63, 3.8) is 0 Å². The largest absolute Gasteiger partial charge is 0.480 e. The van der Waals surface area contributed by atoms with E-state index in [4.69, 9.17) is 4.74 Å². The van der Waals surface area contributed by atoms with Crippen molar-refractivity contribution >= 4 is 54.2 Å². The van der Waals surface area contributed by atoms with Crippen molar-refractivity contribution in [2.24, 2.45) is 0 Å². The number of aromatic nitrogens is 1. The Morgan fingerprint density at radius 1 is 1.45 bits per heavy atom. The van der Waals surface area contributed by atoms with E-state index in [1.165, 1.54) is 11.3 Å². The third-order valence-corrected chi connectivity index (χ3v) is 4.40. The lowest BCUT2D eigenvalue weighted by molar-refractivity contribution is -0.122. The van der Waals surface area contributed by atoms with Gasteiger partial charge in [-0.1, -0.05) is 15.9 Å². The highest BCUT2D eigenvalue weighted by Gasteiger charge is 2.17. The summed E-state index contributed by atoms with van der Waals surface area (Å²) in [6, 6.07) is 5.52. The number of benzene rings is 1. The van der Waals surface area contributed by atoms with E-state index >= 15 is 0 Å². The van der Waals surface area contributed by atoms with Crippen LogP contribution >= 0.6 is 43.2 Å². The number of halogens is 2. The van der Waals surface area contributed by atoms with Gasteiger partial charge in [-0.05, 0) is 48.0 Å². The second kappa shape index (κ2) is 6.69. The number of hydrogen-bond acceptors (Lipinski definition) is 4. The fraction of sp³-hybridized carbons (Fsp3) is 0.231. The van der Waals surface area contributed by atoms with E-state index in [1.54, 1.807) is 13.0 Å². The van der Waals surface area contributed by atoms with Crippen molar-refractivity contribution in [3.8, 4) is 5.75 Å². The van der Waals surface area contributed by atoms with Gasteiger partial charge in [0.05, 0.1) is 10.2 Å². The van der Waals surface area contributed by atoms with E-state index in [9.17, 15) is 4.79 Å². The minimum atomic E-state index is -0.614. The van der Waals surface area contributed by atoms with E-state index in [0.717, 1.165) is 14.6 Å². The molecule has 7 heteroatoms. The van der Waals surface area contributed by atoms with Crippen LogP contribution in [0.4, 0.5) is 5.13 Å². The van der Waals surface area contributed by atoms with Gasteiger partial charge < -0.3 is 4.74 Å². The number of nitrogens with zero attached hydrogens (tertiary/aromatic N) is 1. The van der Waals surface area contributed by atoms with Crippen molar-refractivity contribution in [1.29, 1.82) is 0 Å². The van der Waals surface area contributed by atoms with E-state index in [0.29, 0.717) is 10.9 Å². The van der Waals surface area contributed by atoms with Gasteiger partial charge >= 0.3 is 0 Å². The van der Waals surface area contributed by atoms with Gasteiger partial charge in [0.2, 0.25) is 0 Å². The number of hydrogen-bond donors (Lipinski definition) is 1. The zero-order chi connectivity index (χ0) is 14.7. The number of amides is 1. The van der Waals surface area contributed by atoms with Crippen molar-refractivity contribution in [1.82, 2.24) is 4.98 Å². The van der Waals surface area contributed by atoms with Gasteiger partial charge in [0.25, 0.3) is 5.91 Å². The van der Waals surface area contributed by atoms with Crippen molar-refractivity contribution in [2.75, 3.05) is 5.32 Å². The fourth-order valence-corrected chi connectivity index (χ4v) is 3.26. The first-order valence-electron chi connectivity index (χ1n) is 5.80. The summed E-state index contributed by atoms with van der Waals surface area (Å²) in [6.07, 6.45) is -0.614. The summed E-state index contributed by atoms with van der Waals surface area (Å²) in [4.78, 5) is 16.2. The molecule has 1 N–H and O–H groups in total. The lowest BCUT2D eigenvalue weighted by atomic mass is 10.3. The van der Waals surface area contributed by atoms with Gasteiger partial charge in [-0.15, -0.1) is 11.3 Å². The molecular formula is C13H12Br2N2O2S. The summed E-state index contributed by atoms with van der Waals surface area (Å²) in [5.41, 5.74) is 0.884. The summed E-state index contributed by atoms with van der Waals surface area (Å²) < 4.78 is 7.36. The molecule has 106 valence electrons. The van der Waals surface area contributed by atoms with Crippen LogP contribution in [0.15, 0.2) is 32.5 Å². The molecular weight excluding hydrogens is 408 g/mol. The quantitative estimate of drug-likeness (QED) is 0.799. The number of aryl methyl sites for hydroxylation is 1. The SMILES string of the molecule is Cc1csc(NC(=O)[C@H](C)Oc2ccc(Br)cc2Br)n1. The third-order valence-electron chi connectivity index (χ3n) is 2.42. The summed E-state index contributed by atoms with van der Waals surface area (Å²) in [5.74, 6) is 0.389. The van der Waals surface area contributed by atoms with Gasteiger partial charge in [-0.3, -0.25) is 10.1 Å². The average molecular weight is 420 g/mol. The molecule has 0 aliphatic carbocycles. The minimum absolute atomic E-state index is 0.228. The average Bonchev–Trinajstić information content (AvgIpc) is 2.78. The second-order valence-corrected chi connectivity index (χ2v) is 6.75. The molecule has 20 heavy (non-hydrogen) atoms. The first-order chi connectivity index (χ1) is 9.45. The normalized spacial score (nSPS) is 12.0. The molecule has 1 atom stereocenters. The van der Waals surface area contributed by atoms with Gasteiger partial charge in [0.1, 0.15) is 5.75 Å². The Bertz CT molecular complexity index is 631. The maximum Gasteiger partial charge on any atom is 0.266 e. The number of rotatable bonds is 4. The highest BCUT2D eigenvalue weighted by atomic mass is 79.9. The van der Waals surface area contributed by atoms with E-state index < -0.39 is 6.10 Å². The molecule has 0 aliphatic rings. The molecule has 1 aromatic heterocycles. The van der Waals surface area contributed by atoms with Crippen molar-refractivity contribution < 1.29 is 9.53 Å². The second-order valence-electron chi connectivity index (χ2n) is 4.12. The number of thiazole rings is 1. The molecule has 0 fully saturated rings. The number of nitrogens with one attached hydrogen (secondary N) is 1. The molecule has 0 radical (unpaired) electrons. The van der Waals surface area contributed by atoms with Crippen LogP contribution in [0.25, 0.3) is 0 Å². The standard InChI is InChI=1S/C13H12Br2N2O2S/c1-7-6-20-13(16-7)17-12(18)8(2)19-11-4-3-9(14)5-10(11)15/h3-6,8H,1-2H3,(H,16,17,18)/t8-/m0/s1. The third kappa shape index (κ3) is 4.04. The van der Waals surface area contributed by atoms with Crippen LogP contribution in [0.1, 0.15) is 12.6 Å². The Morgan fingerprint density at radius 2 is 2.20 bits per heavy atom. The van der Waals surface area contributed by atoms with Gasteiger partial charge in [0, 0.05) is 9.85 Å². The molecule has 0 spiro atoms. The Labute approximate surface area is 137 Å². The molecule has 2 aromatic rings. The molecule has 0 bridgehead atoms. The topological polar surface area (TPSA) is 51.2 Å². The molecule has 1 amide bonds. The summed E-state index contributed by atoms with van der Waals surface area (Å²) in [6.45, 7) is 3.58. The monoisotopic (exact) mass is 418 g/mol. The van der Waals surface area contributed by atoms with Crippen LogP contribution in [0.3, 0.4) is 0 Å². The van der Waals surface area contributed by atoms with Crippen LogP contribution in [0.5, 0.6) is 5.75 Å². The van der Waals surface area contributed by atoms with Crippen LogP contribution in [-0.4, -0.2) is 17.0 Å². The van der Waals surface area contributed by atoms with Crippen LogP contribution in [0, 0.1) is 6.92 Å². The molecule has 1 heterocycles. The first kappa shape index (κ1) is 15.5. The Morgan fingerprint density at radius 3 is 2.80 bits per heavy atom. The first-order valence-corrected chi connectivity index (χ1v) is 8.27. The predicted octanol–water partition coefficient (Wildman–Crippen LogP) is 4.38. The maximum absolute atomic E-state index is 12.0. The Hall–Kier alpha value is -0.920. The summed E-state index contributed by atoms with van der Waals surface area (Å²) in [7, 11) is 0. The summed E-state index contributed by atoms with van der Waals surface area (Å²) >= 11 is 8.16. The van der Waals surface area contributed by atoms with Crippen LogP contribution < -0.4 is 10.1 Å². The predicted molar refractivity (Wildman–Crippen MR) is 87.4 cm³/mol. The zero-order valence-electron chi connectivity index (χ0n) is 10.8. The van der Waals surface area contributed by atoms with Crippen molar-refractivity contribution in [3.05, 3.63) is 38.2 Å². The Balaban J connectivity index is 2.00. The number of carbonyl (C=O) groups excluding carboxylic acids is 1. The van der Waals surface area contributed by atoms with E-state index in [2.05, 4.69) is 42.2 Å². The van der Waals surface area contributed by atoms with Crippen LogP contribution in [-0.2, 0) is 4.79 Å². The summed E-state index contributed by atoms with van der Waals surface area (Å²) in [5, 5.41) is 5.20. The fourth-order valence-electron chi connectivity index (χ4n) is 1.43. The molecule has 0 unspecified atom stereocenters. The number of anilines is 1. The van der Waals surface area contributed by atoms with Gasteiger partial charge in [-0.2, -0.15) is 0 Å². The van der Waals surface area contributed by atoms with Crippen molar-refractivity contribution in [2.45, 2.75) is 20.0 Å². The maximum atomic E-state index is 12.0. The highest BCUT2D eigenvalue weighted by molar-refractivity contribution is 9.11. The van der Waals surface area contributed by atoms with Gasteiger partial charge in [0.15, 0.2) is 11.2 Å². The van der Waals surface area contributed by atoms with E-state index in [-0.39, 0.29) is 5.91 Å². The van der Waals surface area contributed by atoms with Gasteiger partial charge in [-0.25, -0.2) is 4.98 Å². The lowest BCUT2D eigenvalue weighted by Crippen LogP contribution is -2.30. The lowest BCUT2D eigenvalue weighted by Gasteiger charge is -2.15. The number of carbonyl (C=O) groups is 1.